The molecule has 2 aromatic heterocycles. The van der Waals surface area contributed by atoms with Gasteiger partial charge < -0.3 is 14.7 Å². The predicted molar refractivity (Wildman–Crippen MR) is 152 cm³/mol. The average Bonchev–Trinajstić information content (AvgIpc) is 3.38. The van der Waals surface area contributed by atoms with Gasteiger partial charge in [0.25, 0.3) is 0 Å². The molecule has 0 saturated carbocycles. The van der Waals surface area contributed by atoms with Gasteiger partial charge in [-0.3, -0.25) is 10.1 Å². The number of piperazine rings is 1. The Morgan fingerprint density at radius 3 is 2.68 bits per heavy atom. The van der Waals surface area contributed by atoms with Gasteiger partial charge in [0.05, 0.1) is 28.0 Å². The monoisotopic (exact) mass is 529 g/mol. The maximum absolute atomic E-state index is 16.2. The van der Waals surface area contributed by atoms with Gasteiger partial charge >= 0.3 is 0 Å². The topological polar surface area (TPSA) is 75.1 Å². The number of hydrogen-bond acceptors (Lipinski definition) is 6. The van der Waals surface area contributed by atoms with E-state index in [4.69, 9.17) is 11.6 Å². The van der Waals surface area contributed by atoms with Crippen LogP contribution in [-0.2, 0) is 0 Å². The van der Waals surface area contributed by atoms with Crippen LogP contribution in [0.15, 0.2) is 55.0 Å². The van der Waals surface area contributed by atoms with Crippen LogP contribution in [-0.4, -0.2) is 71.8 Å². The maximum Gasteiger partial charge on any atom is 0.158 e. The summed E-state index contributed by atoms with van der Waals surface area (Å²) in [6.45, 7) is 9.75. The normalized spacial score (nSPS) is 14.2. The van der Waals surface area contributed by atoms with Crippen LogP contribution in [0.2, 0.25) is 5.02 Å². The number of H-pyrrole nitrogens is 1. The van der Waals surface area contributed by atoms with Gasteiger partial charge in [-0.15, -0.1) is 0 Å². The summed E-state index contributed by atoms with van der Waals surface area (Å²) < 4.78 is 16.2. The Balaban J connectivity index is 1.53. The molecule has 3 heterocycles. The molecule has 4 aromatic rings. The Morgan fingerprint density at radius 1 is 1.21 bits per heavy atom. The minimum Gasteiger partial charge on any atom is -0.368 e. The van der Waals surface area contributed by atoms with Gasteiger partial charge in [-0.2, -0.15) is 10.4 Å². The fourth-order valence-corrected chi connectivity index (χ4v) is 5.37. The van der Waals surface area contributed by atoms with Crippen molar-refractivity contribution in [2.24, 2.45) is 0 Å². The number of anilines is 1. The van der Waals surface area contributed by atoms with Crippen molar-refractivity contribution < 1.29 is 4.39 Å². The lowest BCUT2D eigenvalue weighted by Gasteiger charge is -2.38. The van der Waals surface area contributed by atoms with E-state index in [2.05, 4.69) is 48.6 Å². The highest BCUT2D eigenvalue weighted by atomic mass is 35.5. The van der Waals surface area contributed by atoms with Crippen LogP contribution in [0.5, 0.6) is 0 Å². The van der Waals surface area contributed by atoms with E-state index in [9.17, 15) is 5.26 Å². The van der Waals surface area contributed by atoms with Crippen LogP contribution < -0.4 is 4.90 Å². The van der Waals surface area contributed by atoms with Gasteiger partial charge in [-0.25, -0.2) is 4.39 Å². The molecule has 0 amide bonds. The summed E-state index contributed by atoms with van der Waals surface area (Å²) in [4.78, 5) is 10.8. The first-order valence-corrected chi connectivity index (χ1v) is 12.8. The number of halogens is 2. The highest BCUT2D eigenvalue weighted by molar-refractivity contribution is 6.35. The molecule has 0 unspecified atom stereocenters. The number of aromatic amines is 1. The summed E-state index contributed by atoms with van der Waals surface area (Å²) in [5, 5.41) is 18.6. The average molecular weight is 530 g/mol. The highest BCUT2D eigenvalue weighted by Gasteiger charge is 2.26. The summed E-state index contributed by atoms with van der Waals surface area (Å²) in [7, 11) is 4.05. The first kappa shape index (κ1) is 25.7. The fourth-order valence-electron chi connectivity index (χ4n) is 5.08. The number of benzene rings is 2. The zero-order chi connectivity index (χ0) is 27.0. The molecule has 0 radical (unpaired) electrons. The molecule has 0 spiro atoms. The number of pyridine rings is 1. The van der Waals surface area contributed by atoms with E-state index in [-0.39, 0.29) is 16.1 Å². The van der Waals surface area contributed by atoms with Gasteiger partial charge in [0.2, 0.25) is 0 Å². The Morgan fingerprint density at radius 2 is 1.97 bits per heavy atom. The quantitative estimate of drug-likeness (QED) is 0.332. The number of aromatic nitrogens is 3. The van der Waals surface area contributed by atoms with Crippen molar-refractivity contribution in [2.45, 2.75) is 6.92 Å². The Kier molecular flexibility index (Phi) is 7.06. The van der Waals surface area contributed by atoms with Crippen LogP contribution >= 0.6 is 11.6 Å². The molecule has 38 heavy (non-hydrogen) atoms. The summed E-state index contributed by atoms with van der Waals surface area (Å²) >= 11 is 6.79. The Hall–Kier alpha value is -3.93. The number of aryl methyl sites for hydroxylation is 1. The second-order valence-electron chi connectivity index (χ2n) is 9.79. The second-order valence-corrected chi connectivity index (χ2v) is 10.2. The van der Waals surface area contributed by atoms with E-state index in [0.717, 1.165) is 41.8 Å². The van der Waals surface area contributed by atoms with Gasteiger partial charge in [-0.05, 0) is 44.8 Å². The molecule has 1 fully saturated rings. The smallest absolute Gasteiger partial charge is 0.158 e. The molecule has 194 valence electrons. The molecule has 5 rings (SSSR count). The van der Waals surface area contributed by atoms with Gasteiger partial charge in [0.1, 0.15) is 11.6 Å². The zero-order valence-electron chi connectivity index (χ0n) is 21.7. The van der Waals surface area contributed by atoms with Crippen molar-refractivity contribution in [3.05, 3.63) is 77.0 Å². The molecule has 0 bridgehead atoms. The van der Waals surface area contributed by atoms with Gasteiger partial charge in [-0.1, -0.05) is 30.3 Å². The number of fused-ring (bicyclic) bond motifs is 2. The number of hydrogen-bond donors (Lipinski definition) is 1. The van der Waals surface area contributed by atoms with Crippen LogP contribution in [0.25, 0.3) is 32.9 Å². The van der Waals surface area contributed by atoms with Crippen molar-refractivity contribution in [2.75, 3.05) is 51.7 Å². The summed E-state index contributed by atoms with van der Waals surface area (Å²) in [5.74, 6) is -0.506. The second kappa shape index (κ2) is 10.4. The van der Waals surface area contributed by atoms with Crippen molar-refractivity contribution in [1.29, 1.82) is 5.26 Å². The van der Waals surface area contributed by atoms with Crippen LogP contribution in [0.3, 0.4) is 0 Å². The third-order valence-corrected chi connectivity index (χ3v) is 7.31. The minimum atomic E-state index is -0.506. The van der Waals surface area contributed by atoms with E-state index < -0.39 is 5.82 Å². The van der Waals surface area contributed by atoms with Crippen LogP contribution in [0, 0.1) is 24.1 Å². The summed E-state index contributed by atoms with van der Waals surface area (Å²) in [5.41, 5.74) is 4.85. The number of nitrogens with one attached hydrogen (secondary N) is 1. The largest absolute Gasteiger partial charge is 0.368 e. The molecule has 1 aliphatic rings. The first-order valence-electron chi connectivity index (χ1n) is 12.4. The first-order chi connectivity index (χ1) is 18.3. The molecule has 0 atom stereocenters. The van der Waals surface area contributed by atoms with Crippen molar-refractivity contribution in [3.63, 3.8) is 0 Å². The lowest BCUT2D eigenvalue weighted by Crippen LogP contribution is -2.45. The maximum atomic E-state index is 16.2. The number of nitriles is 1. The molecule has 2 aromatic carbocycles. The molecule has 0 aliphatic carbocycles. The highest BCUT2D eigenvalue weighted by Crippen LogP contribution is 2.42. The molecule has 9 heteroatoms. The Bertz CT molecular complexity index is 1610. The predicted octanol–water partition coefficient (Wildman–Crippen LogP) is 5.50. The lowest BCUT2D eigenvalue weighted by atomic mass is 9.94. The molecule has 1 aliphatic heterocycles. The van der Waals surface area contributed by atoms with Crippen molar-refractivity contribution in [3.8, 4) is 17.2 Å². The number of rotatable bonds is 6. The molecule has 1 saturated heterocycles. The van der Waals surface area contributed by atoms with E-state index >= 15 is 4.39 Å². The van der Waals surface area contributed by atoms with Gasteiger partial charge in [0, 0.05) is 66.5 Å². The number of likely N-dealkylation sites (N-methyl/N-ethyl adjacent to an activating group) is 1. The van der Waals surface area contributed by atoms with Crippen molar-refractivity contribution in [1.82, 2.24) is 25.0 Å². The third kappa shape index (κ3) is 4.60. The van der Waals surface area contributed by atoms with Gasteiger partial charge in [0.15, 0.2) is 5.82 Å². The van der Waals surface area contributed by atoms with Crippen LogP contribution in [0.4, 0.5) is 10.1 Å². The summed E-state index contributed by atoms with van der Waals surface area (Å²) in [6.07, 6.45) is 7.27. The van der Waals surface area contributed by atoms with Crippen LogP contribution in [0.1, 0.15) is 11.1 Å². The van der Waals surface area contributed by atoms with E-state index in [1.54, 1.807) is 12.3 Å². The molecule has 1 N–H and O–H groups in total. The Labute approximate surface area is 226 Å². The minimum absolute atomic E-state index is 0.191. The van der Waals surface area contributed by atoms with E-state index in [0.29, 0.717) is 35.3 Å². The number of nitrogens with zero attached hydrogens (tertiary/aromatic N) is 6. The third-order valence-electron chi connectivity index (χ3n) is 7.01. The standard InChI is InChI=1S/C29H29ClFN7/c1-18-7-8-24-22(17-34-35-24)25(18)26-23(30)14-21-28(27(26)31)33-16-20(15-32)29(21)38-12-10-37(11-13-38)19(2)6-5-9-36(3)4/h5-8,14,16-17H,2,9-13H2,1,3-4H3,(H,34,35)/b6-5+. The van der Waals surface area contributed by atoms with Crippen molar-refractivity contribution >= 4 is 39.1 Å². The van der Waals surface area contributed by atoms with E-state index in [1.165, 1.54) is 6.20 Å². The van der Waals surface area contributed by atoms with E-state index in [1.807, 2.05) is 39.2 Å². The lowest BCUT2D eigenvalue weighted by molar-refractivity contribution is 0.331. The number of allylic oxidation sites excluding steroid dienone is 1. The fraction of sp³-hybridized carbons (Fsp3) is 0.276. The zero-order valence-corrected chi connectivity index (χ0v) is 22.5. The molecule has 7 nitrogen and oxygen atoms in total. The molecular formula is C29H29ClFN7. The SMILES string of the molecule is C=C(/C=C/CN(C)C)N1CCN(c2c(C#N)cnc3c(F)c(-c4c(C)ccc5[nH]ncc45)c(Cl)cc23)CC1. The summed E-state index contributed by atoms with van der Waals surface area (Å²) in [6, 6.07) is 7.81. The molecular weight excluding hydrogens is 501 g/mol.